The summed E-state index contributed by atoms with van der Waals surface area (Å²) >= 11 is 1.43. The van der Waals surface area contributed by atoms with Crippen LogP contribution in [-0.2, 0) is 17.8 Å². The first-order chi connectivity index (χ1) is 14.2. The van der Waals surface area contributed by atoms with Gasteiger partial charge in [-0.15, -0.1) is 11.3 Å². The number of nitrogens with zero attached hydrogens (tertiary/aromatic N) is 3. The number of hydrogen-bond acceptors (Lipinski definition) is 4. The summed E-state index contributed by atoms with van der Waals surface area (Å²) in [5, 5.41) is 4.84. The molecule has 1 aromatic carbocycles. The lowest BCUT2D eigenvalue weighted by molar-refractivity contribution is -0.131. The van der Waals surface area contributed by atoms with Crippen LogP contribution in [-0.4, -0.2) is 45.9 Å². The summed E-state index contributed by atoms with van der Waals surface area (Å²) < 4.78 is 2.01. The van der Waals surface area contributed by atoms with Gasteiger partial charge in [-0.2, -0.15) is 0 Å². The van der Waals surface area contributed by atoms with Crippen LogP contribution in [0.1, 0.15) is 41.2 Å². The van der Waals surface area contributed by atoms with Crippen molar-refractivity contribution in [1.82, 2.24) is 19.8 Å². The Kier molecular flexibility index (Phi) is 6.24. The van der Waals surface area contributed by atoms with E-state index in [4.69, 9.17) is 4.98 Å². The number of benzene rings is 1. The van der Waals surface area contributed by atoms with E-state index < -0.39 is 0 Å². The largest absolute Gasteiger partial charge is 0.351 e. The standard InChI is InChI=1S/C22H26N4O2S/c27-21(25-13-5-1-2-6-14-25)16-26-18-9-4-3-8-17(18)24-20(26)11-12-23-22(28)19-10-7-15-29-19/h3-4,7-10,15H,1-2,5-6,11-14,16H2,(H,23,28). The summed E-state index contributed by atoms with van der Waals surface area (Å²) in [6.45, 7) is 2.47. The van der Waals surface area contributed by atoms with Gasteiger partial charge in [-0.05, 0) is 36.4 Å². The van der Waals surface area contributed by atoms with E-state index in [2.05, 4.69) is 5.32 Å². The molecule has 2 amide bonds. The van der Waals surface area contributed by atoms with Crippen molar-refractivity contribution in [3.8, 4) is 0 Å². The van der Waals surface area contributed by atoms with E-state index in [0.717, 1.165) is 42.8 Å². The van der Waals surface area contributed by atoms with Crippen LogP contribution in [0.4, 0.5) is 0 Å². The van der Waals surface area contributed by atoms with Gasteiger partial charge in [0.2, 0.25) is 5.91 Å². The number of carbonyl (C=O) groups excluding carboxylic acids is 2. The third-order valence-electron chi connectivity index (χ3n) is 5.36. The second-order valence-corrected chi connectivity index (χ2v) is 8.33. The molecule has 2 aromatic heterocycles. The number of hydrogen-bond donors (Lipinski definition) is 1. The first-order valence-corrected chi connectivity index (χ1v) is 11.1. The average Bonchev–Trinajstić information content (AvgIpc) is 3.29. The summed E-state index contributed by atoms with van der Waals surface area (Å²) in [4.78, 5) is 32.6. The number of fused-ring (bicyclic) bond motifs is 1. The third kappa shape index (κ3) is 4.67. The number of amides is 2. The van der Waals surface area contributed by atoms with Crippen LogP contribution in [0.2, 0.25) is 0 Å². The Balaban J connectivity index is 1.48. The molecule has 7 heteroatoms. The van der Waals surface area contributed by atoms with E-state index in [1.54, 1.807) is 0 Å². The van der Waals surface area contributed by atoms with Crippen molar-refractivity contribution in [2.45, 2.75) is 38.6 Å². The summed E-state index contributed by atoms with van der Waals surface area (Å²) in [5.41, 5.74) is 1.85. The molecular formula is C22H26N4O2S. The highest BCUT2D eigenvalue weighted by Gasteiger charge is 2.19. The first-order valence-electron chi connectivity index (χ1n) is 10.3. The van der Waals surface area contributed by atoms with Crippen molar-refractivity contribution in [1.29, 1.82) is 0 Å². The van der Waals surface area contributed by atoms with Crippen molar-refractivity contribution < 1.29 is 9.59 Å². The number of imidazole rings is 1. The van der Waals surface area contributed by atoms with Crippen molar-refractivity contribution in [2.75, 3.05) is 19.6 Å². The number of thiophene rings is 1. The highest BCUT2D eigenvalue weighted by molar-refractivity contribution is 7.12. The van der Waals surface area contributed by atoms with Gasteiger partial charge in [0.15, 0.2) is 0 Å². The van der Waals surface area contributed by atoms with E-state index in [0.29, 0.717) is 24.4 Å². The highest BCUT2D eigenvalue weighted by atomic mass is 32.1. The summed E-state index contributed by atoms with van der Waals surface area (Å²) in [5.74, 6) is 0.920. The number of likely N-dealkylation sites (tertiary alicyclic amines) is 1. The Bertz CT molecular complexity index is 972. The van der Waals surface area contributed by atoms with Crippen molar-refractivity contribution in [3.63, 3.8) is 0 Å². The molecule has 4 rings (SSSR count). The van der Waals surface area contributed by atoms with Crippen LogP contribution in [0.5, 0.6) is 0 Å². The van der Waals surface area contributed by atoms with Gasteiger partial charge in [-0.3, -0.25) is 9.59 Å². The monoisotopic (exact) mass is 410 g/mol. The highest BCUT2D eigenvalue weighted by Crippen LogP contribution is 2.18. The zero-order chi connectivity index (χ0) is 20.1. The van der Waals surface area contributed by atoms with Gasteiger partial charge >= 0.3 is 0 Å². The van der Waals surface area contributed by atoms with E-state index in [-0.39, 0.29) is 11.8 Å². The molecule has 3 aromatic rings. The van der Waals surface area contributed by atoms with Crippen molar-refractivity contribution in [3.05, 3.63) is 52.5 Å². The van der Waals surface area contributed by atoms with Crippen LogP contribution in [0.25, 0.3) is 11.0 Å². The minimum absolute atomic E-state index is 0.0664. The molecule has 0 atom stereocenters. The van der Waals surface area contributed by atoms with Crippen molar-refractivity contribution in [2.24, 2.45) is 0 Å². The van der Waals surface area contributed by atoms with E-state index in [1.807, 2.05) is 51.2 Å². The number of carbonyl (C=O) groups is 2. The van der Waals surface area contributed by atoms with Gasteiger partial charge in [-0.25, -0.2) is 4.98 Å². The van der Waals surface area contributed by atoms with Gasteiger partial charge in [0.05, 0.1) is 15.9 Å². The molecule has 29 heavy (non-hydrogen) atoms. The van der Waals surface area contributed by atoms with Gasteiger partial charge < -0.3 is 14.8 Å². The van der Waals surface area contributed by atoms with Gasteiger partial charge in [0.1, 0.15) is 12.4 Å². The summed E-state index contributed by atoms with van der Waals surface area (Å²) in [6.07, 6.45) is 5.15. The van der Waals surface area contributed by atoms with Gasteiger partial charge in [-0.1, -0.05) is 31.0 Å². The molecule has 3 heterocycles. The predicted molar refractivity (Wildman–Crippen MR) is 115 cm³/mol. The Labute approximate surface area is 174 Å². The zero-order valence-corrected chi connectivity index (χ0v) is 17.3. The first kappa shape index (κ1) is 19.6. The number of nitrogens with one attached hydrogen (secondary N) is 1. The fourth-order valence-corrected chi connectivity index (χ4v) is 4.47. The summed E-state index contributed by atoms with van der Waals surface area (Å²) in [6, 6.07) is 11.6. The molecule has 0 saturated carbocycles. The molecule has 1 saturated heterocycles. The van der Waals surface area contributed by atoms with Crippen LogP contribution in [0.15, 0.2) is 41.8 Å². The Morgan fingerprint density at radius 2 is 1.83 bits per heavy atom. The fourth-order valence-electron chi connectivity index (χ4n) is 3.83. The molecule has 0 bridgehead atoms. The Hall–Kier alpha value is -2.67. The van der Waals surface area contributed by atoms with Crippen LogP contribution in [0.3, 0.4) is 0 Å². The molecule has 0 spiro atoms. The maximum absolute atomic E-state index is 13.0. The second-order valence-electron chi connectivity index (χ2n) is 7.38. The van der Waals surface area contributed by atoms with E-state index >= 15 is 0 Å². The molecule has 1 fully saturated rings. The maximum Gasteiger partial charge on any atom is 0.261 e. The van der Waals surface area contributed by atoms with Gasteiger partial charge in [0.25, 0.3) is 5.91 Å². The number of para-hydroxylation sites is 2. The Morgan fingerprint density at radius 1 is 1.03 bits per heavy atom. The SMILES string of the molecule is O=C(NCCc1nc2ccccc2n1CC(=O)N1CCCCCC1)c1cccs1. The van der Waals surface area contributed by atoms with Crippen LogP contribution >= 0.6 is 11.3 Å². The average molecular weight is 411 g/mol. The Morgan fingerprint density at radius 3 is 2.59 bits per heavy atom. The fraction of sp³-hybridized carbons (Fsp3) is 0.409. The lowest BCUT2D eigenvalue weighted by atomic mass is 10.2. The van der Waals surface area contributed by atoms with E-state index in [1.165, 1.54) is 24.2 Å². The maximum atomic E-state index is 13.0. The van der Waals surface area contributed by atoms with Gasteiger partial charge in [0, 0.05) is 26.1 Å². The molecule has 0 unspecified atom stereocenters. The minimum Gasteiger partial charge on any atom is -0.351 e. The molecule has 0 radical (unpaired) electrons. The second kappa shape index (κ2) is 9.22. The topological polar surface area (TPSA) is 67.2 Å². The molecule has 0 aliphatic carbocycles. The number of rotatable bonds is 6. The lowest BCUT2D eigenvalue weighted by Crippen LogP contribution is -2.35. The molecule has 1 aliphatic heterocycles. The zero-order valence-electron chi connectivity index (χ0n) is 16.5. The molecule has 1 aliphatic rings. The van der Waals surface area contributed by atoms with Crippen LogP contribution in [0, 0.1) is 0 Å². The van der Waals surface area contributed by atoms with E-state index in [9.17, 15) is 9.59 Å². The molecule has 6 nitrogen and oxygen atoms in total. The number of aromatic nitrogens is 2. The normalized spacial score (nSPS) is 14.7. The summed E-state index contributed by atoms with van der Waals surface area (Å²) in [7, 11) is 0. The lowest BCUT2D eigenvalue weighted by Gasteiger charge is -2.21. The molecular weight excluding hydrogens is 384 g/mol. The third-order valence-corrected chi connectivity index (χ3v) is 6.23. The minimum atomic E-state index is -0.0664. The predicted octanol–water partition coefficient (Wildman–Crippen LogP) is 3.47. The molecule has 152 valence electrons. The smallest absolute Gasteiger partial charge is 0.261 e. The molecule has 1 N–H and O–H groups in total. The van der Waals surface area contributed by atoms with Crippen LogP contribution < -0.4 is 5.32 Å². The van der Waals surface area contributed by atoms with Crippen molar-refractivity contribution >= 4 is 34.2 Å². The quantitative estimate of drug-likeness (QED) is 0.677.